The van der Waals surface area contributed by atoms with E-state index in [0.29, 0.717) is 6.04 Å². The maximum Gasteiger partial charge on any atom is 0.0469 e. The average Bonchev–Trinajstić information content (AvgIpc) is 2.39. The molecule has 94 valence electrons. The van der Waals surface area contributed by atoms with E-state index < -0.39 is 0 Å². The van der Waals surface area contributed by atoms with Gasteiger partial charge in [0, 0.05) is 24.3 Å². The monoisotopic (exact) mass is 253 g/mol. The first-order valence-corrected chi connectivity index (χ1v) is 6.67. The molecule has 1 aromatic rings. The predicted molar refractivity (Wildman–Crippen MR) is 71.5 cm³/mol. The number of rotatable bonds is 4. The van der Waals surface area contributed by atoms with Gasteiger partial charge in [-0.15, -0.1) is 0 Å². The summed E-state index contributed by atoms with van der Waals surface area (Å²) in [6, 6.07) is 8.71. The Bertz CT molecular complexity index is 333. The van der Waals surface area contributed by atoms with Gasteiger partial charge in [-0.3, -0.25) is 0 Å². The predicted octanol–water partition coefficient (Wildman–Crippen LogP) is 2.90. The van der Waals surface area contributed by atoms with E-state index in [4.69, 9.17) is 16.3 Å². The van der Waals surface area contributed by atoms with Crippen LogP contribution in [0, 0.1) is 5.92 Å². The Morgan fingerprint density at radius 1 is 1.29 bits per heavy atom. The lowest BCUT2D eigenvalue weighted by atomic mass is 9.88. The van der Waals surface area contributed by atoms with Crippen LogP contribution in [0.5, 0.6) is 0 Å². The van der Waals surface area contributed by atoms with Gasteiger partial charge < -0.3 is 10.1 Å². The van der Waals surface area contributed by atoms with Crippen LogP contribution in [0.3, 0.4) is 0 Å². The molecule has 1 N–H and O–H groups in total. The molecule has 2 rings (SSSR count). The van der Waals surface area contributed by atoms with Gasteiger partial charge in [0.25, 0.3) is 0 Å². The number of nitrogens with one attached hydrogen (secondary N) is 1. The molecule has 0 aliphatic carbocycles. The van der Waals surface area contributed by atoms with Gasteiger partial charge in [-0.05, 0) is 49.9 Å². The third-order valence-corrected chi connectivity index (χ3v) is 3.83. The quantitative estimate of drug-likeness (QED) is 0.891. The fourth-order valence-corrected chi connectivity index (χ4v) is 2.62. The first kappa shape index (κ1) is 12.9. The van der Waals surface area contributed by atoms with Crippen molar-refractivity contribution in [3.8, 4) is 0 Å². The van der Waals surface area contributed by atoms with Crippen LogP contribution >= 0.6 is 11.6 Å². The molecule has 0 spiro atoms. The van der Waals surface area contributed by atoms with E-state index in [9.17, 15) is 0 Å². The Morgan fingerprint density at radius 3 is 2.53 bits per heavy atom. The third kappa shape index (κ3) is 3.70. The highest BCUT2D eigenvalue weighted by atomic mass is 35.5. The lowest BCUT2D eigenvalue weighted by molar-refractivity contribution is 0.0547. The van der Waals surface area contributed by atoms with E-state index in [1.165, 1.54) is 18.4 Å². The number of benzene rings is 1. The number of hydrogen-bond acceptors (Lipinski definition) is 2. The topological polar surface area (TPSA) is 21.3 Å². The average molecular weight is 254 g/mol. The number of ether oxygens (including phenoxy) is 1. The molecular weight excluding hydrogens is 234 g/mol. The Hall–Kier alpha value is -0.570. The third-order valence-electron chi connectivity index (χ3n) is 3.57. The van der Waals surface area contributed by atoms with E-state index in [0.717, 1.165) is 30.6 Å². The van der Waals surface area contributed by atoms with Gasteiger partial charge in [-0.25, -0.2) is 0 Å². The molecule has 0 amide bonds. The van der Waals surface area contributed by atoms with Crippen molar-refractivity contribution in [1.29, 1.82) is 0 Å². The van der Waals surface area contributed by atoms with Crippen molar-refractivity contribution in [2.45, 2.75) is 25.3 Å². The molecule has 1 atom stereocenters. The van der Waals surface area contributed by atoms with Crippen LogP contribution in [-0.4, -0.2) is 26.3 Å². The van der Waals surface area contributed by atoms with Crippen molar-refractivity contribution < 1.29 is 4.74 Å². The molecular formula is C14H20ClNO. The molecule has 1 aromatic carbocycles. The summed E-state index contributed by atoms with van der Waals surface area (Å²) in [6.07, 6.45) is 3.40. The zero-order valence-corrected chi connectivity index (χ0v) is 11.0. The summed E-state index contributed by atoms with van der Waals surface area (Å²) in [6.45, 7) is 1.81. The number of hydrogen-bond donors (Lipinski definition) is 1. The van der Waals surface area contributed by atoms with Gasteiger partial charge >= 0.3 is 0 Å². The lowest BCUT2D eigenvalue weighted by Gasteiger charge is -2.30. The second kappa shape index (κ2) is 6.39. The molecule has 0 bridgehead atoms. The Morgan fingerprint density at radius 2 is 1.94 bits per heavy atom. The van der Waals surface area contributed by atoms with E-state index in [1.807, 2.05) is 12.1 Å². The van der Waals surface area contributed by atoms with E-state index >= 15 is 0 Å². The molecule has 0 radical (unpaired) electrons. The summed E-state index contributed by atoms with van der Waals surface area (Å²) in [5.41, 5.74) is 1.35. The van der Waals surface area contributed by atoms with Crippen molar-refractivity contribution in [2.75, 3.05) is 20.3 Å². The summed E-state index contributed by atoms with van der Waals surface area (Å²) >= 11 is 5.90. The van der Waals surface area contributed by atoms with Crippen molar-refractivity contribution in [2.24, 2.45) is 5.92 Å². The van der Waals surface area contributed by atoms with Crippen molar-refractivity contribution >= 4 is 11.6 Å². The zero-order chi connectivity index (χ0) is 12.1. The maximum atomic E-state index is 5.90. The molecule has 0 saturated carbocycles. The van der Waals surface area contributed by atoms with Gasteiger partial charge in [0.1, 0.15) is 0 Å². The van der Waals surface area contributed by atoms with Crippen LogP contribution in [0.15, 0.2) is 24.3 Å². The van der Waals surface area contributed by atoms with Crippen LogP contribution in [0.1, 0.15) is 18.4 Å². The Labute approximate surface area is 108 Å². The summed E-state index contributed by atoms with van der Waals surface area (Å²) < 4.78 is 5.42. The van der Waals surface area contributed by atoms with Crippen LogP contribution < -0.4 is 5.32 Å². The molecule has 1 unspecified atom stereocenters. The largest absolute Gasteiger partial charge is 0.381 e. The fourth-order valence-electron chi connectivity index (χ4n) is 2.50. The van der Waals surface area contributed by atoms with E-state index in [1.54, 1.807) is 0 Å². The van der Waals surface area contributed by atoms with Crippen molar-refractivity contribution in [3.63, 3.8) is 0 Å². The summed E-state index contributed by atoms with van der Waals surface area (Å²) in [5, 5.41) is 4.25. The van der Waals surface area contributed by atoms with Crippen LogP contribution in [0.2, 0.25) is 5.02 Å². The molecule has 2 nitrogen and oxygen atoms in total. The fraction of sp³-hybridized carbons (Fsp3) is 0.571. The molecule has 17 heavy (non-hydrogen) atoms. The first-order chi connectivity index (χ1) is 8.29. The van der Waals surface area contributed by atoms with Crippen molar-refractivity contribution in [1.82, 2.24) is 5.32 Å². The molecule has 1 fully saturated rings. The highest BCUT2D eigenvalue weighted by Gasteiger charge is 2.22. The number of likely N-dealkylation sites (N-methyl/N-ethyl adjacent to an activating group) is 1. The Balaban J connectivity index is 1.96. The Kier molecular flexibility index (Phi) is 4.84. The minimum Gasteiger partial charge on any atom is -0.381 e. The van der Waals surface area contributed by atoms with Gasteiger partial charge in [-0.1, -0.05) is 23.7 Å². The summed E-state index contributed by atoms with van der Waals surface area (Å²) in [4.78, 5) is 0. The maximum absolute atomic E-state index is 5.90. The van der Waals surface area contributed by atoms with Gasteiger partial charge in [0.2, 0.25) is 0 Å². The molecule has 1 aliphatic heterocycles. The minimum absolute atomic E-state index is 0.542. The standard InChI is InChI=1S/C14H20ClNO/c1-16-14(12-6-8-17-9-7-12)10-11-2-4-13(15)5-3-11/h2-5,12,14,16H,6-10H2,1H3. The molecule has 3 heteroatoms. The van der Waals surface area contributed by atoms with Crippen LogP contribution in [0.25, 0.3) is 0 Å². The molecule has 1 aliphatic rings. The molecule has 0 aromatic heterocycles. The van der Waals surface area contributed by atoms with Crippen LogP contribution in [-0.2, 0) is 11.2 Å². The summed E-state index contributed by atoms with van der Waals surface area (Å²) in [7, 11) is 2.05. The molecule has 1 saturated heterocycles. The number of halogens is 1. The first-order valence-electron chi connectivity index (χ1n) is 6.29. The van der Waals surface area contributed by atoms with Crippen molar-refractivity contribution in [3.05, 3.63) is 34.9 Å². The highest BCUT2D eigenvalue weighted by molar-refractivity contribution is 6.30. The highest BCUT2D eigenvalue weighted by Crippen LogP contribution is 2.22. The lowest BCUT2D eigenvalue weighted by Crippen LogP contribution is -2.38. The summed E-state index contributed by atoms with van der Waals surface area (Å²) in [5.74, 6) is 0.726. The molecule has 1 heterocycles. The van der Waals surface area contributed by atoms with Gasteiger partial charge in [0.15, 0.2) is 0 Å². The second-order valence-corrected chi connectivity index (χ2v) is 5.11. The zero-order valence-electron chi connectivity index (χ0n) is 10.3. The second-order valence-electron chi connectivity index (χ2n) is 4.68. The normalized spacial score (nSPS) is 19.2. The minimum atomic E-state index is 0.542. The van der Waals surface area contributed by atoms with E-state index in [-0.39, 0.29) is 0 Å². The van der Waals surface area contributed by atoms with Crippen LogP contribution in [0.4, 0.5) is 0 Å². The smallest absolute Gasteiger partial charge is 0.0469 e. The van der Waals surface area contributed by atoms with Gasteiger partial charge in [-0.2, -0.15) is 0 Å². The van der Waals surface area contributed by atoms with E-state index in [2.05, 4.69) is 24.5 Å². The SMILES string of the molecule is CNC(Cc1ccc(Cl)cc1)C1CCOCC1. The van der Waals surface area contributed by atoms with Gasteiger partial charge in [0.05, 0.1) is 0 Å².